The summed E-state index contributed by atoms with van der Waals surface area (Å²) < 4.78 is 0. The summed E-state index contributed by atoms with van der Waals surface area (Å²) in [6.45, 7) is 2.40. The third-order valence-electron chi connectivity index (χ3n) is 5.89. The van der Waals surface area contributed by atoms with Crippen molar-refractivity contribution in [3.8, 4) is 0 Å². The second-order valence-corrected chi connectivity index (χ2v) is 6.94. The van der Waals surface area contributed by atoms with Gasteiger partial charge in [-0.1, -0.05) is 26.2 Å². The summed E-state index contributed by atoms with van der Waals surface area (Å²) in [4.78, 5) is 0. The molecule has 0 spiro atoms. The summed E-state index contributed by atoms with van der Waals surface area (Å²) in [6.07, 6.45) is 11.7. The van der Waals surface area contributed by atoms with Crippen molar-refractivity contribution < 1.29 is 0 Å². The van der Waals surface area contributed by atoms with Gasteiger partial charge in [0, 0.05) is 6.04 Å². The van der Waals surface area contributed by atoms with Gasteiger partial charge in [0.15, 0.2) is 0 Å². The van der Waals surface area contributed by atoms with Crippen molar-refractivity contribution in [2.45, 2.75) is 64.3 Å². The van der Waals surface area contributed by atoms with Crippen LogP contribution >= 0.6 is 0 Å². The average Bonchev–Trinajstić information content (AvgIpc) is 2.91. The third-order valence-corrected chi connectivity index (χ3v) is 5.89. The predicted octanol–water partition coefficient (Wildman–Crippen LogP) is 3.58. The van der Waals surface area contributed by atoms with Gasteiger partial charge in [-0.25, -0.2) is 0 Å². The lowest BCUT2D eigenvalue weighted by atomic mass is 9.72. The highest BCUT2D eigenvalue weighted by molar-refractivity contribution is 4.96. The van der Waals surface area contributed by atoms with Crippen LogP contribution in [0.4, 0.5) is 0 Å². The van der Waals surface area contributed by atoms with Gasteiger partial charge < -0.3 is 5.73 Å². The van der Waals surface area contributed by atoms with Crippen molar-refractivity contribution in [1.29, 1.82) is 0 Å². The van der Waals surface area contributed by atoms with Gasteiger partial charge in [-0.15, -0.1) is 0 Å². The average molecular weight is 221 g/mol. The maximum atomic E-state index is 6.59. The van der Waals surface area contributed by atoms with E-state index in [0.29, 0.717) is 6.04 Å². The molecule has 0 radical (unpaired) electrons. The topological polar surface area (TPSA) is 26.0 Å². The van der Waals surface area contributed by atoms with Crippen LogP contribution in [0.25, 0.3) is 0 Å². The molecule has 0 aliphatic heterocycles. The van der Waals surface area contributed by atoms with Crippen molar-refractivity contribution in [2.24, 2.45) is 35.3 Å². The molecule has 2 N–H and O–H groups in total. The summed E-state index contributed by atoms with van der Waals surface area (Å²) in [7, 11) is 0. The first kappa shape index (κ1) is 11.1. The number of hydrogen-bond acceptors (Lipinski definition) is 1. The highest BCUT2D eigenvalue weighted by Crippen LogP contribution is 2.51. The van der Waals surface area contributed by atoms with E-state index in [1.54, 1.807) is 0 Å². The van der Waals surface area contributed by atoms with Crippen molar-refractivity contribution >= 4 is 0 Å². The number of nitrogens with two attached hydrogens (primary N) is 1. The Bertz CT molecular complexity index is 242. The van der Waals surface area contributed by atoms with Crippen LogP contribution in [0.1, 0.15) is 58.3 Å². The maximum absolute atomic E-state index is 6.59. The molecule has 0 aromatic heterocycles. The molecule has 16 heavy (non-hydrogen) atoms. The van der Waals surface area contributed by atoms with Crippen LogP contribution in [-0.4, -0.2) is 6.04 Å². The first-order valence-electron chi connectivity index (χ1n) is 7.49. The summed E-state index contributed by atoms with van der Waals surface area (Å²) >= 11 is 0. The van der Waals surface area contributed by atoms with Gasteiger partial charge in [0.1, 0.15) is 0 Å². The summed E-state index contributed by atoms with van der Waals surface area (Å²) in [5.74, 6) is 4.80. The predicted molar refractivity (Wildman–Crippen MR) is 68.0 cm³/mol. The second kappa shape index (κ2) is 4.33. The molecular weight excluding hydrogens is 194 g/mol. The van der Waals surface area contributed by atoms with Crippen molar-refractivity contribution in [2.75, 3.05) is 0 Å². The van der Waals surface area contributed by atoms with E-state index < -0.39 is 0 Å². The molecule has 2 bridgehead atoms. The van der Waals surface area contributed by atoms with E-state index in [-0.39, 0.29) is 0 Å². The minimum absolute atomic E-state index is 0.544. The Morgan fingerprint density at radius 3 is 2.25 bits per heavy atom. The first-order valence-corrected chi connectivity index (χ1v) is 7.49. The largest absolute Gasteiger partial charge is 0.327 e. The molecule has 3 aliphatic rings. The highest BCUT2D eigenvalue weighted by atomic mass is 14.7. The van der Waals surface area contributed by atoms with Gasteiger partial charge in [0.2, 0.25) is 0 Å². The lowest BCUT2D eigenvalue weighted by molar-refractivity contribution is 0.174. The molecule has 1 heteroatoms. The molecule has 0 heterocycles. The van der Waals surface area contributed by atoms with E-state index in [0.717, 1.165) is 29.6 Å². The second-order valence-electron chi connectivity index (χ2n) is 6.94. The van der Waals surface area contributed by atoms with Gasteiger partial charge in [-0.3, -0.25) is 0 Å². The summed E-state index contributed by atoms with van der Waals surface area (Å²) in [5, 5.41) is 0. The Morgan fingerprint density at radius 2 is 1.69 bits per heavy atom. The Labute approximate surface area is 100 Å². The molecule has 0 aromatic rings. The zero-order valence-corrected chi connectivity index (χ0v) is 10.7. The van der Waals surface area contributed by atoms with E-state index >= 15 is 0 Å². The van der Waals surface area contributed by atoms with Gasteiger partial charge in [0.05, 0.1) is 0 Å². The van der Waals surface area contributed by atoms with E-state index in [9.17, 15) is 0 Å². The van der Waals surface area contributed by atoms with Gasteiger partial charge >= 0.3 is 0 Å². The fourth-order valence-corrected chi connectivity index (χ4v) is 4.79. The Morgan fingerprint density at radius 1 is 0.938 bits per heavy atom. The fraction of sp³-hybridized carbons (Fsp3) is 1.00. The molecule has 1 nitrogen and oxygen atoms in total. The zero-order chi connectivity index (χ0) is 11.1. The van der Waals surface area contributed by atoms with Gasteiger partial charge in [0.25, 0.3) is 0 Å². The van der Waals surface area contributed by atoms with Crippen LogP contribution in [-0.2, 0) is 0 Å². The Balaban J connectivity index is 1.58. The Kier molecular flexibility index (Phi) is 2.99. The fourth-order valence-electron chi connectivity index (χ4n) is 4.79. The van der Waals surface area contributed by atoms with Crippen LogP contribution in [0.15, 0.2) is 0 Å². The SMILES string of the molecule is CC1CCC(C(N)C2CC3CCC2C3)CC1. The van der Waals surface area contributed by atoms with E-state index in [2.05, 4.69) is 6.92 Å². The molecule has 3 rings (SSSR count). The molecule has 0 saturated heterocycles. The van der Waals surface area contributed by atoms with Crippen molar-refractivity contribution in [3.63, 3.8) is 0 Å². The first-order chi connectivity index (χ1) is 7.74. The van der Waals surface area contributed by atoms with E-state index in [4.69, 9.17) is 5.73 Å². The molecule has 3 saturated carbocycles. The van der Waals surface area contributed by atoms with Crippen molar-refractivity contribution in [3.05, 3.63) is 0 Å². The van der Waals surface area contributed by atoms with Crippen LogP contribution in [0.2, 0.25) is 0 Å². The molecule has 3 aliphatic carbocycles. The number of fused-ring (bicyclic) bond motifs is 2. The smallest absolute Gasteiger partial charge is 0.00983 e. The summed E-state index contributed by atoms with van der Waals surface area (Å²) in [5.41, 5.74) is 6.59. The maximum Gasteiger partial charge on any atom is 0.00983 e. The number of hydrogen-bond donors (Lipinski definition) is 1. The molecule has 0 amide bonds. The monoisotopic (exact) mass is 221 g/mol. The minimum atomic E-state index is 0.544. The molecular formula is C15H27N. The van der Waals surface area contributed by atoms with E-state index in [1.165, 1.54) is 51.4 Å². The standard InChI is InChI=1S/C15H27N/c1-10-2-5-12(6-3-10)15(16)14-9-11-4-7-13(14)8-11/h10-15H,2-9,16H2,1H3. The van der Waals surface area contributed by atoms with Gasteiger partial charge in [-0.2, -0.15) is 0 Å². The zero-order valence-electron chi connectivity index (χ0n) is 10.7. The normalized spacial score (nSPS) is 49.5. The van der Waals surface area contributed by atoms with Crippen LogP contribution in [0, 0.1) is 29.6 Å². The highest BCUT2D eigenvalue weighted by Gasteiger charge is 2.44. The number of rotatable bonds is 2. The van der Waals surface area contributed by atoms with Gasteiger partial charge in [-0.05, 0) is 61.7 Å². The molecule has 4 atom stereocenters. The van der Waals surface area contributed by atoms with Crippen molar-refractivity contribution in [1.82, 2.24) is 0 Å². The molecule has 4 unspecified atom stereocenters. The van der Waals surface area contributed by atoms with E-state index in [1.807, 2.05) is 0 Å². The lowest BCUT2D eigenvalue weighted by Gasteiger charge is -2.37. The molecule has 92 valence electrons. The summed E-state index contributed by atoms with van der Waals surface area (Å²) in [6, 6.07) is 0.544. The van der Waals surface area contributed by atoms with Crippen LogP contribution in [0.5, 0.6) is 0 Å². The quantitative estimate of drug-likeness (QED) is 0.758. The Hall–Kier alpha value is -0.0400. The molecule has 0 aromatic carbocycles. The molecule has 3 fully saturated rings. The minimum Gasteiger partial charge on any atom is -0.327 e. The van der Waals surface area contributed by atoms with Crippen LogP contribution < -0.4 is 5.73 Å². The third kappa shape index (κ3) is 1.92. The van der Waals surface area contributed by atoms with Crippen LogP contribution in [0.3, 0.4) is 0 Å². The lowest BCUT2D eigenvalue weighted by Crippen LogP contribution is -2.41.